The third-order valence-electron chi connectivity index (χ3n) is 3.10. The van der Waals surface area contributed by atoms with Crippen LogP contribution in [0.4, 0.5) is 24.5 Å². The lowest BCUT2D eigenvalue weighted by molar-refractivity contribution is -0.0499. The van der Waals surface area contributed by atoms with Gasteiger partial charge in [0.2, 0.25) is 11.9 Å². The zero-order chi connectivity index (χ0) is 19.2. The number of anilines is 2. The lowest BCUT2D eigenvalue weighted by Gasteiger charge is -2.39. The number of aliphatic imine (C=N–C) groups is 2. The maximum Gasteiger partial charge on any atom is 0.534 e. The van der Waals surface area contributed by atoms with E-state index in [1.807, 2.05) is 0 Å². The van der Waals surface area contributed by atoms with Crippen molar-refractivity contribution in [2.75, 3.05) is 10.6 Å². The minimum atomic E-state index is -5.90. The first-order valence-electron chi connectivity index (χ1n) is 6.64. The normalized spacial score (nSPS) is 17.7. The fourth-order valence-corrected chi connectivity index (χ4v) is 2.64. The average Bonchev–Trinajstić information content (AvgIpc) is 2.38. The van der Waals surface area contributed by atoms with Crippen molar-refractivity contribution in [1.82, 2.24) is 0 Å². The maximum atomic E-state index is 12.6. The van der Waals surface area contributed by atoms with E-state index in [2.05, 4.69) is 14.2 Å². The van der Waals surface area contributed by atoms with Gasteiger partial charge in [-0.05, 0) is 32.0 Å². The fourth-order valence-electron chi connectivity index (χ4n) is 2.17. The van der Waals surface area contributed by atoms with Gasteiger partial charge in [-0.2, -0.15) is 26.6 Å². The van der Waals surface area contributed by atoms with Gasteiger partial charge < -0.3 is 21.4 Å². The topological polar surface area (TPSA) is 149 Å². The molecule has 0 aromatic heterocycles. The van der Waals surface area contributed by atoms with Gasteiger partial charge in [0, 0.05) is 5.69 Å². The third kappa shape index (κ3) is 3.55. The summed E-state index contributed by atoms with van der Waals surface area (Å²) < 4.78 is 64.7. The molecule has 0 fully saturated rings. The van der Waals surface area contributed by atoms with E-state index in [1.165, 1.54) is 26.0 Å². The van der Waals surface area contributed by atoms with Gasteiger partial charge in [-0.1, -0.05) is 0 Å². The van der Waals surface area contributed by atoms with Crippen LogP contribution in [0.3, 0.4) is 0 Å². The third-order valence-corrected chi connectivity index (χ3v) is 4.07. The number of hydrogen-bond acceptors (Lipinski definition) is 9. The second-order valence-corrected chi connectivity index (χ2v) is 7.02. The van der Waals surface area contributed by atoms with E-state index in [0.717, 1.165) is 11.0 Å². The first-order valence-corrected chi connectivity index (χ1v) is 8.05. The van der Waals surface area contributed by atoms with Crippen LogP contribution in [-0.2, 0) is 10.1 Å². The molecule has 6 N–H and O–H groups in total. The fraction of sp³-hybridized carbons (Fsp3) is 0.333. The molecule has 0 radical (unpaired) electrons. The molecule has 1 aromatic rings. The van der Waals surface area contributed by atoms with Crippen LogP contribution in [0.25, 0.3) is 0 Å². The minimum Gasteiger partial charge on any atom is -0.399 e. The van der Waals surface area contributed by atoms with Crippen LogP contribution in [-0.4, -0.2) is 31.5 Å². The smallest absolute Gasteiger partial charge is 0.399 e. The second kappa shape index (κ2) is 5.68. The van der Waals surface area contributed by atoms with Crippen LogP contribution < -0.4 is 26.3 Å². The molecule has 25 heavy (non-hydrogen) atoms. The summed E-state index contributed by atoms with van der Waals surface area (Å²) in [7, 11) is -5.90. The van der Waals surface area contributed by atoms with Gasteiger partial charge in [0.1, 0.15) is 5.66 Å². The van der Waals surface area contributed by atoms with Crippen molar-refractivity contribution < 1.29 is 25.8 Å². The van der Waals surface area contributed by atoms with Gasteiger partial charge >= 0.3 is 15.6 Å². The Hall–Kier alpha value is -2.70. The highest BCUT2D eigenvalue weighted by molar-refractivity contribution is 7.88. The number of guanidine groups is 2. The predicted octanol–water partition coefficient (Wildman–Crippen LogP) is 0.683. The summed E-state index contributed by atoms with van der Waals surface area (Å²) in [5.41, 5.74) is 10.1. The maximum absolute atomic E-state index is 12.6. The number of hydrogen-bond donors (Lipinski definition) is 3. The first-order chi connectivity index (χ1) is 11.2. The number of nitrogen functional groups attached to an aromatic ring is 1. The van der Waals surface area contributed by atoms with Gasteiger partial charge in [0.25, 0.3) is 0 Å². The Morgan fingerprint density at radius 1 is 1.20 bits per heavy atom. The summed E-state index contributed by atoms with van der Waals surface area (Å²) >= 11 is 0. The van der Waals surface area contributed by atoms with Crippen molar-refractivity contribution in [3.05, 3.63) is 18.2 Å². The monoisotopic (exact) mass is 380 g/mol. The van der Waals surface area contributed by atoms with Crippen molar-refractivity contribution in [3.8, 4) is 5.75 Å². The van der Waals surface area contributed by atoms with Gasteiger partial charge in [0.15, 0.2) is 5.75 Å². The van der Waals surface area contributed by atoms with E-state index in [9.17, 15) is 21.6 Å². The van der Waals surface area contributed by atoms with E-state index in [-0.39, 0.29) is 23.3 Å². The van der Waals surface area contributed by atoms with Crippen molar-refractivity contribution in [2.45, 2.75) is 25.0 Å². The van der Waals surface area contributed by atoms with Gasteiger partial charge in [-0.25, -0.2) is 4.99 Å². The molecule has 138 valence electrons. The van der Waals surface area contributed by atoms with Crippen molar-refractivity contribution in [3.63, 3.8) is 0 Å². The number of halogens is 3. The Balaban J connectivity index is 2.60. The summed E-state index contributed by atoms with van der Waals surface area (Å²) in [5.74, 6) is -1.01. The Morgan fingerprint density at radius 3 is 2.32 bits per heavy atom. The SMILES string of the molecule is CC1(C)N=C(N)N=C(N)N1c1cc(N)ccc1OS(=O)(=O)C(F)(F)F. The lowest BCUT2D eigenvalue weighted by atomic mass is 10.1. The standard InChI is InChI=1S/C12H15F3N6O3S/c1-11(2)20-9(17)19-10(18)21(11)7-5-6(16)3-4-8(7)24-25(22,23)12(13,14)15/h3-5H,16H2,1-2H3,(H4,17,18,19,20). The number of alkyl halides is 3. The Bertz CT molecular complexity index is 863. The number of nitrogens with zero attached hydrogens (tertiary/aromatic N) is 3. The highest BCUT2D eigenvalue weighted by Gasteiger charge is 2.49. The first kappa shape index (κ1) is 18.6. The summed E-state index contributed by atoms with van der Waals surface area (Å²) in [6.07, 6.45) is 0. The van der Waals surface area contributed by atoms with E-state index in [0.29, 0.717) is 0 Å². The molecule has 0 amide bonds. The second-order valence-electron chi connectivity index (χ2n) is 5.48. The molecule has 0 saturated carbocycles. The molecule has 9 nitrogen and oxygen atoms in total. The number of benzene rings is 1. The zero-order valence-corrected chi connectivity index (χ0v) is 13.9. The van der Waals surface area contributed by atoms with Crippen LogP contribution in [0, 0.1) is 0 Å². The number of rotatable bonds is 3. The summed E-state index contributed by atoms with van der Waals surface area (Å²) in [6.45, 7) is 3.07. The number of nitrogens with two attached hydrogens (primary N) is 3. The summed E-state index contributed by atoms with van der Waals surface area (Å²) in [4.78, 5) is 8.91. The molecule has 0 bridgehead atoms. The van der Waals surface area contributed by atoms with Crippen molar-refractivity contribution in [2.24, 2.45) is 21.5 Å². The average molecular weight is 380 g/mol. The van der Waals surface area contributed by atoms with Crippen molar-refractivity contribution >= 4 is 33.4 Å². The Kier molecular flexibility index (Phi) is 4.24. The molecular formula is C12H15F3N6O3S. The molecule has 0 spiro atoms. The molecule has 0 saturated heterocycles. The quantitative estimate of drug-likeness (QED) is 0.396. The van der Waals surface area contributed by atoms with Crippen molar-refractivity contribution in [1.29, 1.82) is 0 Å². The largest absolute Gasteiger partial charge is 0.534 e. The highest BCUT2D eigenvalue weighted by Crippen LogP contribution is 2.38. The molecule has 1 aliphatic rings. The van der Waals surface area contributed by atoms with Crippen LogP contribution in [0.2, 0.25) is 0 Å². The highest BCUT2D eigenvalue weighted by atomic mass is 32.2. The van der Waals surface area contributed by atoms with Gasteiger partial charge in [0.05, 0.1) is 5.69 Å². The van der Waals surface area contributed by atoms with Crippen LogP contribution in [0.15, 0.2) is 28.2 Å². The van der Waals surface area contributed by atoms with E-state index >= 15 is 0 Å². The molecule has 1 aromatic carbocycles. The lowest BCUT2D eigenvalue weighted by Crippen LogP contribution is -2.54. The summed E-state index contributed by atoms with van der Waals surface area (Å²) in [6, 6.07) is 3.33. The molecule has 1 heterocycles. The molecule has 1 aliphatic heterocycles. The Labute approximate surface area is 141 Å². The molecular weight excluding hydrogens is 365 g/mol. The minimum absolute atomic E-state index is 0.123. The predicted molar refractivity (Wildman–Crippen MR) is 86.3 cm³/mol. The molecule has 0 atom stereocenters. The van der Waals surface area contributed by atoms with Gasteiger partial charge in [-0.3, -0.25) is 4.90 Å². The Morgan fingerprint density at radius 2 is 1.80 bits per heavy atom. The molecule has 2 rings (SSSR count). The van der Waals surface area contributed by atoms with E-state index in [1.54, 1.807) is 0 Å². The molecule has 13 heteroatoms. The molecule has 0 aliphatic carbocycles. The van der Waals surface area contributed by atoms with Crippen LogP contribution >= 0.6 is 0 Å². The van der Waals surface area contributed by atoms with E-state index < -0.39 is 27.0 Å². The molecule has 0 unspecified atom stereocenters. The van der Waals surface area contributed by atoms with E-state index in [4.69, 9.17) is 17.2 Å². The zero-order valence-electron chi connectivity index (χ0n) is 13.1. The summed E-state index contributed by atoms with van der Waals surface area (Å²) in [5, 5.41) is 0. The van der Waals surface area contributed by atoms with Crippen LogP contribution in [0.5, 0.6) is 5.75 Å². The van der Waals surface area contributed by atoms with Gasteiger partial charge in [-0.15, -0.1) is 0 Å². The van der Waals surface area contributed by atoms with Crippen LogP contribution in [0.1, 0.15) is 13.8 Å².